The number of rotatable bonds is 9. The number of ether oxygens (including phenoxy) is 2. The molecule has 0 amide bonds. The Balaban J connectivity index is 2.29. The second-order valence-electron chi connectivity index (χ2n) is 5.74. The van der Waals surface area contributed by atoms with Crippen molar-refractivity contribution >= 4 is 23.3 Å². The van der Waals surface area contributed by atoms with E-state index in [4.69, 9.17) is 9.47 Å². The molecular formula is C21H25NO4. The number of benzene rings is 2. The molecule has 5 nitrogen and oxygen atoms in total. The molecule has 0 saturated heterocycles. The number of anilines is 2. The topological polar surface area (TPSA) is 55.8 Å². The summed E-state index contributed by atoms with van der Waals surface area (Å²) < 4.78 is 10.2. The van der Waals surface area contributed by atoms with Crippen LogP contribution in [-0.2, 0) is 19.1 Å². The van der Waals surface area contributed by atoms with Crippen molar-refractivity contribution in [3.8, 4) is 0 Å². The second-order valence-corrected chi connectivity index (χ2v) is 5.74. The number of carbonyl (C=O) groups excluding carboxylic acids is 2. The molecule has 5 heteroatoms. The van der Waals surface area contributed by atoms with E-state index in [0.717, 1.165) is 11.4 Å². The van der Waals surface area contributed by atoms with Gasteiger partial charge in [0.1, 0.15) is 0 Å². The Bertz CT molecular complexity index is 648. The van der Waals surface area contributed by atoms with E-state index in [2.05, 4.69) is 0 Å². The summed E-state index contributed by atoms with van der Waals surface area (Å²) in [6.07, 6.45) is -0.0111. The molecule has 0 aromatic heterocycles. The van der Waals surface area contributed by atoms with Gasteiger partial charge in [-0.3, -0.25) is 9.59 Å². The van der Waals surface area contributed by atoms with Crippen molar-refractivity contribution in [1.82, 2.24) is 0 Å². The number of esters is 2. The molecule has 138 valence electrons. The van der Waals surface area contributed by atoms with Gasteiger partial charge in [0.05, 0.1) is 25.6 Å². The predicted molar refractivity (Wildman–Crippen MR) is 101 cm³/mol. The monoisotopic (exact) mass is 355 g/mol. The first-order valence-corrected chi connectivity index (χ1v) is 8.85. The molecule has 2 rings (SSSR count). The van der Waals surface area contributed by atoms with Crippen molar-refractivity contribution in [2.75, 3.05) is 24.7 Å². The first-order valence-electron chi connectivity index (χ1n) is 8.85. The summed E-state index contributed by atoms with van der Waals surface area (Å²) in [5.41, 5.74) is 1.88. The first kappa shape index (κ1) is 19.5. The van der Waals surface area contributed by atoms with Gasteiger partial charge in [0.2, 0.25) is 0 Å². The molecule has 0 N–H and O–H groups in total. The number of nitrogens with zero attached hydrogens (tertiary/aromatic N) is 1. The molecule has 2 aromatic carbocycles. The molecule has 0 aliphatic carbocycles. The molecule has 0 saturated carbocycles. The fourth-order valence-corrected chi connectivity index (χ4v) is 2.70. The number of carbonyl (C=O) groups is 2. The fraction of sp³-hybridized carbons (Fsp3) is 0.333. The SMILES string of the molecule is CCOC(=O)CC(CN(c1ccccc1)c1ccccc1)C(=O)OCC. The summed E-state index contributed by atoms with van der Waals surface area (Å²) in [5, 5.41) is 0. The quantitative estimate of drug-likeness (QED) is 0.637. The summed E-state index contributed by atoms with van der Waals surface area (Å²) in [6.45, 7) is 4.39. The van der Waals surface area contributed by atoms with Gasteiger partial charge in [-0.1, -0.05) is 36.4 Å². The molecule has 0 fully saturated rings. The average Bonchev–Trinajstić information content (AvgIpc) is 2.67. The Morgan fingerprint density at radius 1 is 0.846 bits per heavy atom. The smallest absolute Gasteiger partial charge is 0.311 e. The van der Waals surface area contributed by atoms with Gasteiger partial charge in [0.25, 0.3) is 0 Å². The van der Waals surface area contributed by atoms with E-state index in [1.165, 1.54) is 0 Å². The van der Waals surface area contributed by atoms with E-state index in [1.807, 2.05) is 65.6 Å². The van der Waals surface area contributed by atoms with Gasteiger partial charge in [-0.15, -0.1) is 0 Å². The third-order valence-corrected chi connectivity index (χ3v) is 3.88. The van der Waals surface area contributed by atoms with E-state index in [0.29, 0.717) is 6.54 Å². The van der Waals surface area contributed by atoms with Gasteiger partial charge in [-0.05, 0) is 38.1 Å². The van der Waals surface area contributed by atoms with Crippen LogP contribution in [0, 0.1) is 5.92 Å². The van der Waals surface area contributed by atoms with Gasteiger partial charge in [0, 0.05) is 17.9 Å². The fourth-order valence-electron chi connectivity index (χ4n) is 2.70. The largest absolute Gasteiger partial charge is 0.466 e. The summed E-state index contributed by atoms with van der Waals surface area (Å²) in [5.74, 6) is -1.40. The number of hydrogen-bond acceptors (Lipinski definition) is 5. The van der Waals surface area contributed by atoms with Crippen molar-refractivity contribution in [1.29, 1.82) is 0 Å². The zero-order chi connectivity index (χ0) is 18.8. The van der Waals surface area contributed by atoms with E-state index < -0.39 is 17.9 Å². The van der Waals surface area contributed by atoms with Crippen LogP contribution >= 0.6 is 0 Å². The minimum atomic E-state index is -0.616. The molecule has 26 heavy (non-hydrogen) atoms. The zero-order valence-electron chi connectivity index (χ0n) is 15.3. The Morgan fingerprint density at radius 3 is 1.81 bits per heavy atom. The van der Waals surface area contributed by atoms with Crippen LogP contribution in [0.5, 0.6) is 0 Å². The lowest BCUT2D eigenvalue weighted by atomic mass is 10.0. The number of para-hydroxylation sites is 2. The van der Waals surface area contributed by atoms with Crippen LogP contribution in [0.1, 0.15) is 20.3 Å². The lowest BCUT2D eigenvalue weighted by molar-refractivity contribution is -0.154. The normalized spacial score (nSPS) is 11.5. The Hall–Kier alpha value is -2.82. The standard InChI is InChI=1S/C21H25NO4/c1-3-25-20(23)15-17(21(24)26-4-2)16-22(18-11-7-5-8-12-18)19-13-9-6-10-14-19/h5-14,17H,3-4,15-16H2,1-2H3. The van der Waals surface area contributed by atoms with E-state index in [9.17, 15) is 9.59 Å². The van der Waals surface area contributed by atoms with Gasteiger partial charge in [0.15, 0.2) is 0 Å². The van der Waals surface area contributed by atoms with Crippen LogP contribution in [0.2, 0.25) is 0 Å². The molecule has 0 bridgehead atoms. The van der Waals surface area contributed by atoms with Crippen LogP contribution in [-0.4, -0.2) is 31.7 Å². The summed E-state index contributed by atoms with van der Waals surface area (Å²) in [7, 11) is 0. The highest BCUT2D eigenvalue weighted by molar-refractivity contribution is 5.81. The zero-order valence-corrected chi connectivity index (χ0v) is 15.3. The lowest BCUT2D eigenvalue weighted by Crippen LogP contribution is -2.33. The van der Waals surface area contributed by atoms with Crippen LogP contribution in [0.4, 0.5) is 11.4 Å². The molecule has 0 aliphatic rings. The minimum Gasteiger partial charge on any atom is -0.466 e. The third-order valence-electron chi connectivity index (χ3n) is 3.88. The summed E-state index contributed by atoms with van der Waals surface area (Å²) in [6, 6.07) is 19.5. The molecule has 0 spiro atoms. The Kier molecular flexibility index (Phi) is 7.68. The van der Waals surface area contributed by atoms with Crippen molar-refractivity contribution in [2.24, 2.45) is 5.92 Å². The number of hydrogen-bond donors (Lipinski definition) is 0. The lowest BCUT2D eigenvalue weighted by Gasteiger charge is -2.28. The highest BCUT2D eigenvalue weighted by Gasteiger charge is 2.27. The molecule has 2 aromatic rings. The third kappa shape index (κ3) is 5.62. The molecule has 0 radical (unpaired) electrons. The van der Waals surface area contributed by atoms with Crippen LogP contribution in [0.25, 0.3) is 0 Å². The molecule has 1 unspecified atom stereocenters. The Labute approximate surface area is 154 Å². The first-order chi connectivity index (χ1) is 12.7. The maximum absolute atomic E-state index is 12.4. The summed E-state index contributed by atoms with van der Waals surface area (Å²) >= 11 is 0. The van der Waals surface area contributed by atoms with Crippen molar-refractivity contribution in [3.05, 3.63) is 60.7 Å². The maximum atomic E-state index is 12.4. The van der Waals surface area contributed by atoms with Crippen molar-refractivity contribution in [2.45, 2.75) is 20.3 Å². The second kappa shape index (κ2) is 10.2. The van der Waals surface area contributed by atoms with Crippen LogP contribution in [0.3, 0.4) is 0 Å². The molecule has 1 atom stereocenters. The molecule has 0 aliphatic heterocycles. The van der Waals surface area contributed by atoms with Gasteiger partial charge in [-0.25, -0.2) is 0 Å². The maximum Gasteiger partial charge on any atom is 0.311 e. The van der Waals surface area contributed by atoms with E-state index in [-0.39, 0.29) is 19.6 Å². The summed E-state index contributed by atoms with van der Waals surface area (Å²) in [4.78, 5) is 26.4. The van der Waals surface area contributed by atoms with E-state index >= 15 is 0 Å². The van der Waals surface area contributed by atoms with Crippen LogP contribution in [0.15, 0.2) is 60.7 Å². The average molecular weight is 355 g/mol. The van der Waals surface area contributed by atoms with Gasteiger partial charge in [-0.2, -0.15) is 0 Å². The Morgan fingerprint density at radius 2 is 1.35 bits per heavy atom. The predicted octanol–water partition coefficient (Wildman–Crippen LogP) is 3.96. The highest BCUT2D eigenvalue weighted by Crippen LogP contribution is 2.27. The van der Waals surface area contributed by atoms with E-state index in [1.54, 1.807) is 13.8 Å². The molecular weight excluding hydrogens is 330 g/mol. The van der Waals surface area contributed by atoms with Gasteiger partial charge < -0.3 is 14.4 Å². The highest BCUT2D eigenvalue weighted by atomic mass is 16.5. The molecule has 0 heterocycles. The van der Waals surface area contributed by atoms with Crippen molar-refractivity contribution < 1.29 is 19.1 Å². The minimum absolute atomic E-state index is 0.0111. The van der Waals surface area contributed by atoms with Crippen LogP contribution < -0.4 is 4.90 Å². The van der Waals surface area contributed by atoms with Crippen molar-refractivity contribution in [3.63, 3.8) is 0 Å². The van der Waals surface area contributed by atoms with Gasteiger partial charge >= 0.3 is 11.9 Å².